The van der Waals surface area contributed by atoms with E-state index in [2.05, 4.69) is 30.6 Å². The molecule has 1 amide bonds. The molecule has 2 aliphatic carbocycles. The predicted octanol–water partition coefficient (Wildman–Crippen LogP) is 2.48. The second-order valence-electron chi connectivity index (χ2n) is 8.19. The standard InChI is InChI=1S/C20H22ClN8O3P/c1-29-14(33(31,10-3-4-10)11-5-6-11)7-13(28-29)16-18(32-2)20(24-9-23-16)26-15-12(21)8-25-27-17(15)19(22)30/h7-11H,3-6H2,1-2H3,(H2,22,30)(H,23,24,25,26). The van der Waals surface area contributed by atoms with E-state index in [9.17, 15) is 9.36 Å². The van der Waals surface area contributed by atoms with Crippen molar-refractivity contribution in [2.75, 3.05) is 12.4 Å². The fourth-order valence-corrected chi connectivity index (χ4v) is 8.28. The van der Waals surface area contributed by atoms with Crippen molar-refractivity contribution >= 4 is 41.6 Å². The Morgan fingerprint density at radius 3 is 2.58 bits per heavy atom. The van der Waals surface area contributed by atoms with Gasteiger partial charge in [0.1, 0.15) is 24.9 Å². The van der Waals surface area contributed by atoms with Crippen LogP contribution < -0.4 is 21.2 Å². The van der Waals surface area contributed by atoms with Crippen molar-refractivity contribution in [1.29, 1.82) is 0 Å². The number of nitrogens with zero attached hydrogens (tertiary/aromatic N) is 6. The number of methoxy groups -OCH3 is 1. The average Bonchev–Trinajstić information content (AvgIpc) is 3.71. The van der Waals surface area contributed by atoms with Gasteiger partial charge in [0.15, 0.2) is 17.3 Å². The normalized spacial score (nSPS) is 16.0. The maximum Gasteiger partial charge on any atom is 0.271 e. The summed E-state index contributed by atoms with van der Waals surface area (Å²) >= 11 is 6.22. The molecule has 172 valence electrons. The van der Waals surface area contributed by atoms with E-state index < -0.39 is 13.0 Å². The molecule has 0 bridgehead atoms. The summed E-state index contributed by atoms with van der Waals surface area (Å²) in [6, 6.07) is 1.85. The number of rotatable bonds is 8. The van der Waals surface area contributed by atoms with Crippen LogP contribution in [0.2, 0.25) is 5.02 Å². The molecule has 33 heavy (non-hydrogen) atoms. The van der Waals surface area contributed by atoms with Crippen molar-refractivity contribution in [2.45, 2.75) is 37.0 Å². The number of primary amides is 1. The summed E-state index contributed by atoms with van der Waals surface area (Å²) in [5.41, 5.74) is 7.63. The molecule has 3 N–H and O–H groups in total. The molecule has 0 spiro atoms. The molecular weight excluding hydrogens is 467 g/mol. The lowest BCUT2D eigenvalue weighted by Crippen LogP contribution is -2.20. The Kier molecular flexibility index (Phi) is 5.33. The van der Waals surface area contributed by atoms with E-state index in [0.29, 0.717) is 11.4 Å². The number of halogens is 1. The zero-order chi connectivity index (χ0) is 23.3. The summed E-state index contributed by atoms with van der Waals surface area (Å²) in [5.74, 6) is -0.288. The zero-order valence-electron chi connectivity index (χ0n) is 18.0. The Morgan fingerprint density at radius 1 is 1.27 bits per heavy atom. The largest absolute Gasteiger partial charge is 0.491 e. The number of anilines is 2. The minimum absolute atomic E-state index is 0.135. The number of hydrogen-bond donors (Lipinski definition) is 2. The summed E-state index contributed by atoms with van der Waals surface area (Å²) in [5, 5.41) is 15.1. The van der Waals surface area contributed by atoms with Gasteiger partial charge in [0.25, 0.3) is 5.91 Å². The average molecular weight is 489 g/mol. The van der Waals surface area contributed by atoms with Crippen LogP contribution in [-0.2, 0) is 11.6 Å². The van der Waals surface area contributed by atoms with Gasteiger partial charge in [-0.15, -0.1) is 5.10 Å². The third-order valence-corrected chi connectivity index (χ3v) is 10.5. The van der Waals surface area contributed by atoms with Gasteiger partial charge in [-0.1, -0.05) is 11.6 Å². The second-order valence-corrected chi connectivity index (χ2v) is 11.9. The first-order valence-corrected chi connectivity index (χ1v) is 12.7. The molecule has 5 rings (SSSR count). The van der Waals surface area contributed by atoms with Gasteiger partial charge >= 0.3 is 0 Å². The monoisotopic (exact) mass is 488 g/mol. The first kappa shape index (κ1) is 21.8. The van der Waals surface area contributed by atoms with E-state index >= 15 is 0 Å². The summed E-state index contributed by atoms with van der Waals surface area (Å²) in [6.07, 6.45) is 6.63. The SMILES string of the molecule is COc1c(Nc2c(Cl)cnnc2C(N)=O)ncnc1-c1cc(P(=O)(C2CC2)C2CC2)n(C)n1. The van der Waals surface area contributed by atoms with Gasteiger partial charge in [0.05, 0.1) is 29.5 Å². The quantitative estimate of drug-likeness (QED) is 0.455. The molecule has 13 heteroatoms. The van der Waals surface area contributed by atoms with Gasteiger partial charge < -0.3 is 20.4 Å². The minimum atomic E-state index is -2.53. The Bertz CT molecular complexity index is 1290. The Hall–Kier alpha value is -3.04. The van der Waals surface area contributed by atoms with Crippen LogP contribution >= 0.6 is 18.7 Å². The zero-order valence-corrected chi connectivity index (χ0v) is 19.7. The van der Waals surface area contributed by atoms with Crippen molar-refractivity contribution in [1.82, 2.24) is 29.9 Å². The lowest BCUT2D eigenvalue weighted by atomic mass is 10.2. The summed E-state index contributed by atoms with van der Waals surface area (Å²) < 4.78 is 21.3. The third-order valence-electron chi connectivity index (χ3n) is 5.92. The molecule has 11 nitrogen and oxygen atoms in total. The minimum Gasteiger partial charge on any atom is -0.491 e. The number of aryl methyl sites for hydroxylation is 1. The fraction of sp³-hybridized carbons (Fsp3) is 0.400. The molecular formula is C20H22ClN8O3P. The van der Waals surface area contributed by atoms with E-state index in [1.165, 1.54) is 19.6 Å². The maximum atomic E-state index is 14.0. The van der Waals surface area contributed by atoms with Gasteiger partial charge in [0.2, 0.25) is 0 Å². The summed E-state index contributed by atoms with van der Waals surface area (Å²) in [4.78, 5) is 20.4. The van der Waals surface area contributed by atoms with Crippen LogP contribution in [-0.4, -0.2) is 54.3 Å². The van der Waals surface area contributed by atoms with Crippen LogP contribution in [0, 0.1) is 0 Å². The highest BCUT2D eigenvalue weighted by atomic mass is 35.5. The topological polar surface area (TPSA) is 151 Å². The van der Waals surface area contributed by atoms with Crippen LogP contribution in [0.3, 0.4) is 0 Å². The lowest BCUT2D eigenvalue weighted by Gasteiger charge is -2.17. The lowest BCUT2D eigenvalue weighted by molar-refractivity contribution is 0.0995. The highest BCUT2D eigenvalue weighted by Crippen LogP contribution is 2.69. The summed E-state index contributed by atoms with van der Waals surface area (Å²) in [6.45, 7) is 0. The first-order chi connectivity index (χ1) is 15.8. The van der Waals surface area contributed by atoms with Crippen LogP contribution in [0.5, 0.6) is 5.75 Å². The van der Waals surface area contributed by atoms with Crippen LogP contribution in [0.4, 0.5) is 11.5 Å². The van der Waals surface area contributed by atoms with E-state index in [4.69, 9.17) is 22.1 Å². The number of nitrogens with two attached hydrogens (primary N) is 1. The Labute approximate surface area is 194 Å². The van der Waals surface area contributed by atoms with Crippen LogP contribution in [0.25, 0.3) is 11.4 Å². The molecule has 2 aliphatic rings. The van der Waals surface area contributed by atoms with Gasteiger partial charge in [-0.25, -0.2) is 9.97 Å². The highest BCUT2D eigenvalue weighted by molar-refractivity contribution is 7.73. The second kappa shape index (κ2) is 8.07. The van der Waals surface area contributed by atoms with E-state index in [0.717, 1.165) is 31.1 Å². The molecule has 3 aromatic rings. The van der Waals surface area contributed by atoms with Crippen LogP contribution in [0.1, 0.15) is 36.2 Å². The van der Waals surface area contributed by atoms with Gasteiger partial charge in [0, 0.05) is 18.4 Å². The van der Waals surface area contributed by atoms with Crippen LogP contribution in [0.15, 0.2) is 18.6 Å². The van der Waals surface area contributed by atoms with Gasteiger partial charge in [-0.05, 0) is 31.7 Å². The van der Waals surface area contributed by atoms with Crippen molar-refractivity contribution in [3.05, 3.63) is 29.3 Å². The molecule has 0 radical (unpaired) electrons. The Balaban J connectivity index is 1.57. The molecule has 3 heterocycles. The fourth-order valence-electron chi connectivity index (χ4n) is 4.10. The smallest absolute Gasteiger partial charge is 0.271 e. The van der Waals surface area contributed by atoms with Crippen molar-refractivity contribution in [2.24, 2.45) is 12.8 Å². The van der Waals surface area contributed by atoms with Gasteiger partial charge in [-0.3, -0.25) is 9.48 Å². The number of carbonyl (C=O) groups is 1. The number of nitrogens with one attached hydrogen (secondary N) is 1. The maximum absolute atomic E-state index is 14.0. The molecule has 3 aromatic heterocycles. The number of ether oxygens (including phenoxy) is 1. The number of amides is 1. The van der Waals surface area contributed by atoms with E-state index in [-0.39, 0.29) is 39.3 Å². The predicted molar refractivity (Wildman–Crippen MR) is 123 cm³/mol. The molecule has 2 saturated carbocycles. The molecule has 0 aromatic carbocycles. The van der Waals surface area contributed by atoms with E-state index in [1.807, 2.05) is 13.1 Å². The van der Waals surface area contributed by atoms with Crippen molar-refractivity contribution in [3.63, 3.8) is 0 Å². The molecule has 0 aliphatic heterocycles. The van der Waals surface area contributed by atoms with Crippen molar-refractivity contribution < 1.29 is 14.1 Å². The third kappa shape index (κ3) is 3.75. The molecule has 0 unspecified atom stereocenters. The highest BCUT2D eigenvalue weighted by Gasteiger charge is 2.53. The number of carbonyl (C=O) groups excluding carboxylic acids is 1. The van der Waals surface area contributed by atoms with Crippen molar-refractivity contribution in [3.8, 4) is 17.1 Å². The number of hydrogen-bond acceptors (Lipinski definition) is 9. The van der Waals surface area contributed by atoms with E-state index in [1.54, 1.807) is 4.68 Å². The Morgan fingerprint density at radius 2 is 1.97 bits per heavy atom. The molecule has 2 fully saturated rings. The first-order valence-electron chi connectivity index (χ1n) is 10.5. The molecule has 0 saturated heterocycles. The summed E-state index contributed by atoms with van der Waals surface area (Å²) in [7, 11) is 0.752. The van der Waals surface area contributed by atoms with Gasteiger partial charge in [-0.2, -0.15) is 10.2 Å². The molecule has 0 atom stereocenters. The number of aromatic nitrogens is 6.